The van der Waals surface area contributed by atoms with Gasteiger partial charge in [-0.25, -0.2) is 0 Å². The lowest BCUT2D eigenvalue weighted by molar-refractivity contribution is -0.125. The number of nitrogens with zero attached hydrogens (tertiary/aromatic N) is 1. The van der Waals surface area contributed by atoms with Crippen LogP contribution in [0.2, 0.25) is 0 Å². The summed E-state index contributed by atoms with van der Waals surface area (Å²) in [5, 5.41) is 12.1. The predicted molar refractivity (Wildman–Crippen MR) is 71.6 cm³/mol. The number of carbonyl (C=O) groups is 1. The lowest BCUT2D eigenvalue weighted by atomic mass is 10.2. The lowest BCUT2D eigenvalue weighted by Gasteiger charge is -2.33. The highest BCUT2D eigenvalue weighted by Gasteiger charge is 2.23. The van der Waals surface area contributed by atoms with E-state index in [0.717, 1.165) is 5.56 Å². The average Bonchev–Trinajstić information content (AvgIpc) is 2.47. The van der Waals surface area contributed by atoms with Crippen molar-refractivity contribution in [3.8, 4) is 0 Å². The molecule has 0 aromatic heterocycles. The summed E-state index contributed by atoms with van der Waals surface area (Å²) in [5.41, 5.74) is 1.08. The molecule has 1 aliphatic rings. The van der Waals surface area contributed by atoms with E-state index < -0.39 is 0 Å². The zero-order valence-corrected chi connectivity index (χ0v) is 10.9. The number of ether oxygens (including phenoxy) is 1. The Morgan fingerprint density at radius 2 is 2.21 bits per heavy atom. The summed E-state index contributed by atoms with van der Waals surface area (Å²) in [6, 6.07) is 9.73. The summed E-state index contributed by atoms with van der Waals surface area (Å²) in [6.07, 6.45) is 0. The highest BCUT2D eigenvalue weighted by molar-refractivity contribution is 5.78. The van der Waals surface area contributed by atoms with Crippen LogP contribution in [0.15, 0.2) is 30.3 Å². The number of morpholine rings is 1. The number of hydrogen-bond acceptors (Lipinski definition) is 4. The van der Waals surface area contributed by atoms with Crippen LogP contribution in [0.1, 0.15) is 5.56 Å². The Morgan fingerprint density at radius 3 is 2.95 bits per heavy atom. The van der Waals surface area contributed by atoms with Gasteiger partial charge in [0.15, 0.2) is 0 Å². The van der Waals surface area contributed by atoms with Crippen molar-refractivity contribution in [1.82, 2.24) is 10.2 Å². The van der Waals surface area contributed by atoms with Gasteiger partial charge in [-0.2, -0.15) is 0 Å². The Labute approximate surface area is 113 Å². The van der Waals surface area contributed by atoms with Gasteiger partial charge in [-0.05, 0) is 5.56 Å². The molecule has 0 radical (unpaired) electrons. The quantitative estimate of drug-likeness (QED) is 0.785. The molecule has 2 N–H and O–H groups in total. The number of amides is 1. The van der Waals surface area contributed by atoms with Gasteiger partial charge in [-0.3, -0.25) is 9.69 Å². The summed E-state index contributed by atoms with van der Waals surface area (Å²) in [6.45, 7) is 2.65. The molecule has 104 valence electrons. The first-order valence-electron chi connectivity index (χ1n) is 6.53. The summed E-state index contributed by atoms with van der Waals surface area (Å²) >= 11 is 0. The van der Waals surface area contributed by atoms with Crippen LogP contribution in [0.4, 0.5) is 0 Å². The molecule has 0 bridgehead atoms. The van der Waals surface area contributed by atoms with Gasteiger partial charge in [0.2, 0.25) is 5.91 Å². The van der Waals surface area contributed by atoms with Gasteiger partial charge in [0.05, 0.1) is 32.4 Å². The van der Waals surface area contributed by atoms with Crippen molar-refractivity contribution in [1.29, 1.82) is 0 Å². The van der Waals surface area contributed by atoms with Crippen LogP contribution in [0.5, 0.6) is 0 Å². The number of carbonyl (C=O) groups excluding carboxylic acids is 1. The van der Waals surface area contributed by atoms with E-state index in [1.807, 2.05) is 35.2 Å². The van der Waals surface area contributed by atoms with Crippen molar-refractivity contribution in [3.05, 3.63) is 35.9 Å². The molecular formula is C14H20N2O3. The molecule has 1 saturated heterocycles. The number of aliphatic hydroxyl groups excluding tert-OH is 1. The van der Waals surface area contributed by atoms with E-state index in [-0.39, 0.29) is 18.6 Å². The Hall–Kier alpha value is -1.43. The molecule has 0 spiro atoms. The molecule has 1 aromatic carbocycles. The van der Waals surface area contributed by atoms with Crippen LogP contribution >= 0.6 is 0 Å². The van der Waals surface area contributed by atoms with E-state index in [2.05, 4.69) is 5.32 Å². The minimum absolute atomic E-state index is 0.0198. The van der Waals surface area contributed by atoms with Crippen molar-refractivity contribution >= 4 is 5.91 Å². The molecule has 1 unspecified atom stereocenters. The molecule has 2 rings (SSSR count). The summed E-state index contributed by atoms with van der Waals surface area (Å²) in [5.74, 6) is -0.0239. The van der Waals surface area contributed by atoms with Crippen molar-refractivity contribution in [2.75, 3.05) is 32.9 Å². The van der Waals surface area contributed by atoms with Crippen LogP contribution in [-0.4, -0.2) is 54.9 Å². The first kappa shape index (κ1) is 14.0. The second-order valence-corrected chi connectivity index (χ2v) is 4.64. The fourth-order valence-corrected chi connectivity index (χ4v) is 2.10. The maximum absolute atomic E-state index is 11.9. The van der Waals surface area contributed by atoms with Crippen molar-refractivity contribution in [3.63, 3.8) is 0 Å². The van der Waals surface area contributed by atoms with E-state index in [1.165, 1.54) is 0 Å². The van der Waals surface area contributed by atoms with E-state index in [4.69, 9.17) is 4.74 Å². The summed E-state index contributed by atoms with van der Waals surface area (Å²) in [7, 11) is 0. The van der Waals surface area contributed by atoms with Gasteiger partial charge in [-0.15, -0.1) is 0 Å². The molecule has 5 nitrogen and oxygen atoms in total. The zero-order valence-electron chi connectivity index (χ0n) is 10.9. The zero-order chi connectivity index (χ0) is 13.5. The predicted octanol–water partition coefficient (Wildman–Crippen LogP) is -0.00410. The van der Waals surface area contributed by atoms with E-state index in [0.29, 0.717) is 32.8 Å². The van der Waals surface area contributed by atoms with E-state index >= 15 is 0 Å². The molecule has 1 heterocycles. The van der Waals surface area contributed by atoms with E-state index in [1.54, 1.807) is 0 Å². The van der Waals surface area contributed by atoms with Gasteiger partial charge >= 0.3 is 0 Å². The monoisotopic (exact) mass is 264 g/mol. The Balaban J connectivity index is 1.77. The van der Waals surface area contributed by atoms with Crippen LogP contribution in [0, 0.1) is 0 Å². The number of benzene rings is 1. The molecule has 1 aromatic rings. The average molecular weight is 264 g/mol. The third kappa shape index (κ3) is 4.31. The topological polar surface area (TPSA) is 61.8 Å². The van der Waals surface area contributed by atoms with Crippen LogP contribution in [0.25, 0.3) is 0 Å². The van der Waals surface area contributed by atoms with Crippen LogP contribution in [-0.2, 0) is 16.1 Å². The first-order valence-corrected chi connectivity index (χ1v) is 6.53. The molecule has 1 fully saturated rings. The third-order valence-electron chi connectivity index (χ3n) is 3.24. The second kappa shape index (κ2) is 7.23. The number of nitrogens with one attached hydrogen (secondary N) is 1. The van der Waals surface area contributed by atoms with Crippen LogP contribution in [0.3, 0.4) is 0 Å². The summed E-state index contributed by atoms with van der Waals surface area (Å²) in [4.78, 5) is 13.8. The second-order valence-electron chi connectivity index (χ2n) is 4.64. The van der Waals surface area contributed by atoms with Gasteiger partial charge in [0.25, 0.3) is 0 Å². The fraction of sp³-hybridized carbons (Fsp3) is 0.500. The molecule has 19 heavy (non-hydrogen) atoms. The largest absolute Gasteiger partial charge is 0.395 e. The highest BCUT2D eigenvalue weighted by atomic mass is 16.5. The number of hydrogen-bond donors (Lipinski definition) is 2. The standard InChI is InChI=1S/C14H20N2O3/c17-10-13-11-19-7-6-16(13)9-14(18)15-8-12-4-2-1-3-5-12/h1-5,13,17H,6-11H2,(H,15,18). The van der Waals surface area contributed by atoms with Gasteiger partial charge in [0, 0.05) is 13.1 Å². The maximum Gasteiger partial charge on any atom is 0.234 e. The first-order chi connectivity index (χ1) is 9.29. The minimum atomic E-state index is -0.0729. The van der Waals surface area contributed by atoms with Gasteiger partial charge < -0.3 is 15.2 Å². The Morgan fingerprint density at radius 1 is 1.42 bits per heavy atom. The Kier molecular flexibility index (Phi) is 5.32. The van der Waals surface area contributed by atoms with E-state index in [9.17, 15) is 9.90 Å². The third-order valence-corrected chi connectivity index (χ3v) is 3.24. The van der Waals surface area contributed by atoms with Crippen molar-refractivity contribution < 1.29 is 14.6 Å². The SMILES string of the molecule is O=C(CN1CCOCC1CO)NCc1ccccc1. The van der Waals surface area contributed by atoms with Gasteiger partial charge in [0.1, 0.15) is 0 Å². The fourth-order valence-electron chi connectivity index (χ4n) is 2.10. The van der Waals surface area contributed by atoms with Crippen molar-refractivity contribution in [2.45, 2.75) is 12.6 Å². The molecule has 5 heteroatoms. The molecule has 0 saturated carbocycles. The normalized spacial score (nSPS) is 20.2. The molecular weight excluding hydrogens is 244 g/mol. The number of rotatable bonds is 5. The van der Waals surface area contributed by atoms with Gasteiger partial charge in [-0.1, -0.05) is 30.3 Å². The molecule has 1 aliphatic heterocycles. The molecule has 0 aliphatic carbocycles. The highest BCUT2D eigenvalue weighted by Crippen LogP contribution is 2.05. The van der Waals surface area contributed by atoms with Crippen LogP contribution < -0.4 is 5.32 Å². The van der Waals surface area contributed by atoms with Crippen molar-refractivity contribution in [2.24, 2.45) is 0 Å². The summed E-state index contributed by atoms with van der Waals surface area (Å²) < 4.78 is 5.28. The molecule has 1 atom stereocenters. The smallest absolute Gasteiger partial charge is 0.234 e. The lowest BCUT2D eigenvalue weighted by Crippen LogP contribution is -2.51. The Bertz CT molecular complexity index is 397. The molecule has 1 amide bonds. The minimum Gasteiger partial charge on any atom is -0.395 e. The maximum atomic E-state index is 11.9. The number of aliphatic hydroxyl groups is 1.